The molecule has 2 rings (SSSR count). The summed E-state index contributed by atoms with van der Waals surface area (Å²) in [5.41, 5.74) is 11.9. The molecule has 102 valence electrons. The quantitative estimate of drug-likeness (QED) is 0.710. The second-order valence-electron chi connectivity index (χ2n) is 3.47. The molecule has 1 aromatic carbocycles. The summed E-state index contributed by atoms with van der Waals surface area (Å²) < 4.78 is 47.8. The minimum Gasteiger partial charge on any atom is -0.409 e. The summed E-state index contributed by atoms with van der Waals surface area (Å²) in [6.45, 7) is 0. The second kappa shape index (κ2) is 4.59. The van der Waals surface area contributed by atoms with E-state index in [1.165, 1.54) is 12.1 Å². The molecule has 0 radical (unpaired) electrons. The molecule has 0 fully saturated rings. The Hall–Kier alpha value is -2.58. The number of benzene rings is 1. The van der Waals surface area contributed by atoms with E-state index in [1.54, 1.807) is 0 Å². The second-order valence-corrected chi connectivity index (χ2v) is 3.47. The maximum atomic E-state index is 12.7. The molecule has 0 bridgehead atoms. The highest BCUT2D eigenvalue weighted by molar-refractivity contribution is 5.72. The average Bonchev–Trinajstić information content (AvgIpc) is 2.33. The monoisotopic (exact) mass is 274 g/mol. The molecular weight excluding hydrogens is 265 g/mol. The van der Waals surface area contributed by atoms with Crippen LogP contribution >= 0.6 is 0 Å². The van der Waals surface area contributed by atoms with Crippen molar-refractivity contribution in [2.24, 2.45) is 16.6 Å². The van der Waals surface area contributed by atoms with Crippen LogP contribution in [0, 0.1) is 0 Å². The fraction of sp³-hybridized carbons (Fsp3) is 0.100. The first-order valence-electron chi connectivity index (χ1n) is 4.99. The predicted octanol–water partition coefficient (Wildman–Crippen LogP) is 1.02. The van der Waals surface area contributed by atoms with Crippen LogP contribution in [0.2, 0.25) is 0 Å². The van der Waals surface area contributed by atoms with Crippen LogP contribution in [0.5, 0.6) is 5.75 Å². The first kappa shape index (κ1) is 12.9. The maximum Gasteiger partial charge on any atom is 0.419 e. The molecule has 6 nitrogen and oxygen atoms in total. The van der Waals surface area contributed by atoms with Crippen molar-refractivity contribution in [2.75, 3.05) is 0 Å². The summed E-state index contributed by atoms with van der Waals surface area (Å²) in [6, 6.07) is 4.63. The summed E-state index contributed by atoms with van der Waals surface area (Å²) in [6.07, 6.45) is -5.04. The Bertz CT molecular complexity index is 554. The van der Waals surface area contributed by atoms with Gasteiger partial charge in [-0.05, 0) is 12.1 Å². The highest BCUT2D eigenvalue weighted by atomic mass is 19.4. The summed E-state index contributed by atoms with van der Waals surface area (Å²) in [5, 5.41) is 3.47. The van der Waals surface area contributed by atoms with Gasteiger partial charge in [-0.15, -0.1) is 0 Å². The van der Waals surface area contributed by atoms with Gasteiger partial charge in [0, 0.05) is 0 Å². The summed E-state index contributed by atoms with van der Waals surface area (Å²) in [5.74, 6) is -0.755. The Morgan fingerprint density at radius 1 is 1.21 bits per heavy atom. The number of nitrogens with two attached hydrogens (primary N) is 2. The van der Waals surface area contributed by atoms with Crippen molar-refractivity contribution in [1.29, 1.82) is 0 Å². The SMILES string of the molecule is NC1=C(N)OC(Oc2ccccc2C(F)(F)F)=NN1. The van der Waals surface area contributed by atoms with Crippen LogP contribution in [-0.4, -0.2) is 6.08 Å². The molecule has 0 saturated carbocycles. The Balaban J connectivity index is 2.22. The smallest absolute Gasteiger partial charge is 0.409 e. The third-order valence-electron chi connectivity index (χ3n) is 2.12. The minimum absolute atomic E-state index is 0.0588. The van der Waals surface area contributed by atoms with Crippen molar-refractivity contribution < 1.29 is 22.6 Å². The number of alkyl halides is 3. The van der Waals surface area contributed by atoms with Crippen molar-refractivity contribution in [1.82, 2.24) is 5.43 Å². The van der Waals surface area contributed by atoms with E-state index in [9.17, 15) is 13.2 Å². The van der Waals surface area contributed by atoms with Crippen LogP contribution < -0.4 is 21.6 Å². The molecule has 0 unspecified atom stereocenters. The lowest BCUT2D eigenvalue weighted by Crippen LogP contribution is -2.32. The predicted molar refractivity (Wildman–Crippen MR) is 59.1 cm³/mol. The van der Waals surface area contributed by atoms with Gasteiger partial charge in [-0.1, -0.05) is 17.2 Å². The van der Waals surface area contributed by atoms with E-state index >= 15 is 0 Å². The molecule has 0 saturated heterocycles. The van der Waals surface area contributed by atoms with Gasteiger partial charge < -0.3 is 20.9 Å². The Kier molecular flexibility index (Phi) is 3.11. The van der Waals surface area contributed by atoms with Gasteiger partial charge in [0.25, 0.3) is 0 Å². The topological polar surface area (TPSA) is 94.9 Å². The minimum atomic E-state index is -4.56. The van der Waals surface area contributed by atoms with Crippen LogP contribution in [0.25, 0.3) is 0 Å². The van der Waals surface area contributed by atoms with Gasteiger partial charge in [-0.2, -0.15) is 13.2 Å². The van der Waals surface area contributed by atoms with Gasteiger partial charge in [-0.25, -0.2) is 0 Å². The van der Waals surface area contributed by atoms with Gasteiger partial charge in [0.2, 0.25) is 5.88 Å². The Morgan fingerprint density at radius 3 is 2.53 bits per heavy atom. The van der Waals surface area contributed by atoms with Crippen molar-refractivity contribution in [2.45, 2.75) is 6.18 Å². The number of hydrazone groups is 1. The molecule has 0 spiro atoms. The van der Waals surface area contributed by atoms with Crippen LogP contribution in [-0.2, 0) is 10.9 Å². The first-order chi connectivity index (χ1) is 8.88. The Morgan fingerprint density at radius 2 is 1.89 bits per heavy atom. The fourth-order valence-corrected chi connectivity index (χ4v) is 1.26. The molecule has 1 aliphatic heterocycles. The van der Waals surface area contributed by atoms with Crippen LogP contribution in [0.15, 0.2) is 41.1 Å². The van der Waals surface area contributed by atoms with Crippen LogP contribution in [0.4, 0.5) is 13.2 Å². The highest BCUT2D eigenvalue weighted by Crippen LogP contribution is 2.36. The summed E-state index contributed by atoms with van der Waals surface area (Å²) >= 11 is 0. The van der Waals surface area contributed by atoms with Crippen molar-refractivity contribution in [3.05, 3.63) is 41.5 Å². The lowest BCUT2D eigenvalue weighted by molar-refractivity contribution is -0.138. The number of rotatable bonds is 1. The average molecular weight is 274 g/mol. The van der Waals surface area contributed by atoms with Crippen molar-refractivity contribution in [3.8, 4) is 5.75 Å². The third-order valence-corrected chi connectivity index (χ3v) is 2.12. The molecule has 0 aliphatic carbocycles. The maximum absolute atomic E-state index is 12.7. The normalized spacial score (nSPS) is 15.4. The van der Waals surface area contributed by atoms with E-state index < -0.39 is 23.6 Å². The zero-order chi connectivity index (χ0) is 14.0. The third kappa shape index (κ3) is 2.81. The van der Waals surface area contributed by atoms with Gasteiger partial charge in [0.15, 0.2) is 5.82 Å². The molecule has 19 heavy (non-hydrogen) atoms. The van der Waals surface area contributed by atoms with Gasteiger partial charge in [0.1, 0.15) is 5.75 Å². The molecule has 5 N–H and O–H groups in total. The largest absolute Gasteiger partial charge is 0.419 e. The number of hydrogen-bond acceptors (Lipinski definition) is 6. The van der Waals surface area contributed by atoms with Gasteiger partial charge in [-0.3, -0.25) is 5.43 Å². The standard InChI is InChI=1S/C10H9F3N4O2/c11-10(12,13)5-3-1-2-4-6(5)18-9-17-16-7(14)8(15)19-9/h1-4,16H,14-15H2. The van der Waals surface area contributed by atoms with E-state index in [4.69, 9.17) is 20.9 Å². The first-order valence-corrected chi connectivity index (χ1v) is 4.99. The zero-order valence-corrected chi connectivity index (χ0v) is 9.36. The molecule has 0 atom stereocenters. The molecule has 1 heterocycles. The molecule has 1 aromatic rings. The highest BCUT2D eigenvalue weighted by Gasteiger charge is 2.34. The van der Waals surface area contributed by atoms with Crippen LogP contribution in [0.3, 0.4) is 0 Å². The van der Waals surface area contributed by atoms with Gasteiger partial charge in [0.05, 0.1) is 5.56 Å². The summed E-state index contributed by atoms with van der Waals surface area (Å²) in [4.78, 5) is 0. The number of para-hydroxylation sites is 1. The summed E-state index contributed by atoms with van der Waals surface area (Å²) in [7, 11) is 0. The number of nitrogens with zero attached hydrogens (tertiary/aromatic N) is 1. The van der Waals surface area contributed by atoms with Crippen LogP contribution in [0.1, 0.15) is 5.56 Å². The zero-order valence-electron chi connectivity index (χ0n) is 9.36. The number of halogens is 3. The number of hydrogen-bond donors (Lipinski definition) is 3. The molecule has 1 aliphatic rings. The van der Waals surface area contributed by atoms with E-state index in [1.807, 2.05) is 0 Å². The van der Waals surface area contributed by atoms with E-state index in [-0.39, 0.29) is 11.7 Å². The Labute approximate surface area is 105 Å². The number of ether oxygens (including phenoxy) is 2. The lowest BCUT2D eigenvalue weighted by atomic mass is 10.2. The van der Waals surface area contributed by atoms with E-state index in [0.29, 0.717) is 0 Å². The number of nitrogens with one attached hydrogen (secondary N) is 1. The molecule has 0 aromatic heterocycles. The molecule has 9 heteroatoms. The van der Waals surface area contributed by atoms with E-state index in [2.05, 4.69) is 10.5 Å². The van der Waals surface area contributed by atoms with E-state index in [0.717, 1.165) is 12.1 Å². The van der Waals surface area contributed by atoms with Crippen molar-refractivity contribution >= 4 is 6.08 Å². The van der Waals surface area contributed by atoms with Gasteiger partial charge >= 0.3 is 12.3 Å². The molecule has 0 amide bonds. The lowest BCUT2D eigenvalue weighted by Gasteiger charge is -2.17. The fourth-order valence-electron chi connectivity index (χ4n) is 1.26. The molecular formula is C10H9F3N4O2. The van der Waals surface area contributed by atoms with Crippen molar-refractivity contribution in [3.63, 3.8) is 0 Å².